The first-order chi connectivity index (χ1) is 10.1. The highest BCUT2D eigenvalue weighted by atomic mass is 16.3. The fraction of sp³-hybridized carbons (Fsp3) is 0.0588. The minimum Gasteiger partial charge on any atom is -0.454 e. The molecule has 0 unspecified atom stereocenters. The van der Waals surface area contributed by atoms with Crippen LogP contribution in [-0.2, 0) is 4.79 Å². The Bertz CT molecular complexity index is 866. The first kappa shape index (κ1) is 13.1. The summed E-state index contributed by atoms with van der Waals surface area (Å²) in [6.45, 7) is 1.41. The molecule has 0 aliphatic carbocycles. The van der Waals surface area contributed by atoms with E-state index >= 15 is 0 Å². The number of nitrogens with one attached hydrogen (secondary N) is 1. The molecule has 0 aliphatic heterocycles. The third-order valence-corrected chi connectivity index (χ3v) is 3.12. The van der Waals surface area contributed by atoms with Gasteiger partial charge in [0.2, 0.25) is 5.91 Å². The molecule has 1 aromatic heterocycles. The summed E-state index contributed by atoms with van der Waals surface area (Å²) in [5.74, 6) is 0.265. The van der Waals surface area contributed by atoms with Gasteiger partial charge in [-0.25, -0.2) is 0 Å². The van der Waals surface area contributed by atoms with Gasteiger partial charge in [-0.1, -0.05) is 36.4 Å². The van der Waals surface area contributed by atoms with Gasteiger partial charge in [-0.05, 0) is 12.1 Å². The molecule has 0 radical (unpaired) electrons. The zero-order valence-corrected chi connectivity index (χ0v) is 11.4. The van der Waals surface area contributed by atoms with E-state index in [1.54, 1.807) is 18.2 Å². The van der Waals surface area contributed by atoms with Crippen molar-refractivity contribution in [1.82, 2.24) is 0 Å². The molecule has 1 heterocycles. The quantitative estimate of drug-likeness (QED) is 0.782. The Labute approximate surface area is 121 Å². The predicted molar refractivity (Wildman–Crippen MR) is 82.2 cm³/mol. The van der Waals surface area contributed by atoms with Crippen molar-refractivity contribution in [2.45, 2.75) is 6.92 Å². The van der Waals surface area contributed by atoms with Gasteiger partial charge in [-0.3, -0.25) is 9.59 Å². The van der Waals surface area contributed by atoms with E-state index in [9.17, 15) is 9.59 Å². The summed E-state index contributed by atoms with van der Waals surface area (Å²) in [4.78, 5) is 23.5. The van der Waals surface area contributed by atoms with Gasteiger partial charge in [0.1, 0.15) is 5.76 Å². The van der Waals surface area contributed by atoms with Gasteiger partial charge in [0.25, 0.3) is 0 Å². The maximum atomic E-state index is 12.2. The van der Waals surface area contributed by atoms with Crippen LogP contribution in [0.2, 0.25) is 0 Å². The Morgan fingerprint density at radius 1 is 1.05 bits per heavy atom. The predicted octanol–water partition coefficient (Wildman–Crippen LogP) is 3.42. The van der Waals surface area contributed by atoms with Crippen molar-refractivity contribution >= 4 is 22.6 Å². The number of anilines is 1. The van der Waals surface area contributed by atoms with Crippen LogP contribution in [0.1, 0.15) is 6.92 Å². The van der Waals surface area contributed by atoms with E-state index < -0.39 is 0 Å². The summed E-state index contributed by atoms with van der Waals surface area (Å²) in [5.41, 5.74) is 1.56. The summed E-state index contributed by atoms with van der Waals surface area (Å²) in [5, 5.41) is 3.13. The second kappa shape index (κ2) is 5.25. The maximum absolute atomic E-state index is 12.2. The Morgan fingerprint density at radius 3 is 2.52 bits per heavy atom. The van der Waals surface area contributed by atoms with Gasteiger partial charge in [0, 0.05) is 18.6 Å². The van der Waals surface area contributed by atoms with Crippen LogP contribution in [0.4, 0.5) is 5.69 Å². The number of carbonyl (C=O) groups is 1. The van der Waals surface area contributed by atoms with E-state index in [2.05, 4.69) is 5.32 Å². The van der Waals surface area contributed by atoms with Gasteiger partial charge in [-0.2, -0.15) is 0 Å². The molecule has 0 spiro atoms. The van der Waals surface area contributed by atoms with Crippen molar-refractivity contribution in [3.05, 3.63) is 64.8 Å². The van der Waals surface area contributed by atoms with Gasteiger partial charge < -0.3 is 9.73 Å². The lowest BCUT2D eigenvalue weighted by molar-refractivity contribution is -0.114. The molecule has 104 valence electrons. The molecular weight excluding hydrogens is 266 g/mol. The molecule has 21 heavy (non-hydrogen) atoms. The zero-order valence-electron chi connectivity index (χ0n) is 11.4. The number of hydrogen-bond donors (Lipinski definition) is 1. The molecule has 4 heteroatoms. The molecule has 0 saturated carbocycles. The van der Waals surface area contributed by atoms with Crippen molar-refractivity contribution in [3.8, 4) is 11.3 Å². The van der Waals surface area contributed by atoms with Crippen LogP contribution in [0.25, 0.3) is 22.3 Å². The van der Waals surface area contributed by atoms with Crippen LogP contribution in [0, 0.1) is 0 Å². The smallest absolute Gasteiger partial charge is 0.221 e. The Kier molecular flexibility index (Phi) is 3.28. The highest BCUT2D eigenvalue weighted by Gasteiger charge is 2.10. The molecule has 0 saturated heterocycles. The molecule has 4 nitrogen and oxygen atoms in total. The van der Waals surface area contributed by atoms with Crippen LogP contribution in [0.15, 0.2) is 63.8 Å². The minimum atomic E-state index is -0.213. The number of fused-ring (bicyclic) bond motifs is 1. The lowest BCUT2D eigenvalue weighted by Crippen LogP contribution is -2.08. The van der Waals surface area contributed by atoms with Gasteiger partial charge in [-0.15, -0.1) is 0 Å². The Balaban J connectivity index is 2.26. The zero-order chi connectivity index (χ0) is 14.8. The van der Waals surface area contributed by atoms with E-state index in [4.69, 9.17) is 4.42 Å². The van der Waals surface area contributed by atoms with E-state index in [0.717, 1.165) is 5.56 Å². The summed E-state index contributed by atoms with van der Waals surface area (Å²) in [6.07, 6.45) is 0. The summed E-state index contributed by atoms with van der Waals surface area (Å²) < 4.78 is 5.85. The van der Waals surface area contributed by atoms with Crippen molar-refractivity contribution in [3.63, 3.8) is 0 Å². The number of amides is 1. The lowest BCUT2D eigenvalue weighted by atomic mass is 10.1. The number of benzene rings is 2. The van der Waals surface area contributed by atoms with Crippen molar-refractivity contribution in [2.24, 2.45) is 0 Å². The topological polar surface area (TPSA) is 59.3 Å². The Morgan fingerprint density at radius 2 is 1.81 bits per heavy atom. The lowest BCUT2D eigenvalue weighted by Gasteiger charge is -2.08. The molecule has 2 aromatic carbocycles. The molecule has 1 N–H and O–H groups in total. The van der Waals surface area contributed by atoms with E-state index in [1.165, 1.54) is 13.0 Å². The Hall–Kier alpha value is -2.88. The number of para-hydroxylation sites is 1. The summed E-state index contributed by atoms with van der Waals surface area (Å²) in [7, 11) is 0. The third kappa shape index (κ3) is 2.56. The SMILES string of the molecule is CC(=O)Nc1cccc2c(=O)cc(-c3ccccc3)oc12. The van der Waals surface area contributed by atoms with Crippen molar-refractivity contribution in [1.29, 1.82) is 0 Å². The molecule has 3 rings (SSSR count). The number of hydrogen-bond acceptors (Lipinski definition) is 3. The maximum Gasteiger partial charge on any atom is 0.221 e. The molecule has 0 bridgehead atoms. The van der Waals surface area contributed by atoms with Gasteiger partial charge in [0.15, 0.2) is 11.0 Å². The van der Waals surface area contributed by atoms with Crippen LogP contribution >= 0.6 is 0 Å². The summed E-state index contributed by atoms with van der Waals surface area (Å²) in [6, 6.07) is 15.9. The van der Waals surface area contributed by atoms with Crippen LogP contribution in [-0.4, -0.2) is 5.91 Å². The van der Waals surface area contributed by atoms with Gasteiger partial charge in [0.05, 0.1) is 11.1 Å². The average Bonchev–Trinajstić information content (AvgIpc) is 2.48. The van der Waals surface area contributed by atoms with Crippen LogP contribution in [0.5, 0.6) is 0 Å². The van der Waals surface area contributed by atoms with E-state index in [-0.39, 0.29) is 11.3 Å². The normalized spacial score (nSPS) is 10.5. The molecule has 0 aliphatic rings. The molecule has 0 fully saturated rings. The third-order valence-electron chi connectivity index (χ3n) is 3.12. The fourth-order valence-corrected chi connectivity index (χ4v) is 2.21. The van der Waals surface area contributed by atoms with Crippen LogP contribution in [0.3, 0.4) is 0 Å². The minimum absolute atomic E-state index is 0.137. The molecule has 3 aromatic rings. The molecule has 0 atom stereocenters. The first-order valence-corrected chi connectivity index (χ1v) is 6.55. The monoisotopic (exact) mass is 279 g/mol. The van der Waals surface area contributed by atoms with Crippen molar-refractivity contribution < 1.29 is 9.21 Å². The van der Waals surface area contributed by atoms with E-state index in [0.29, 0.717) is 22.4 Å². The fourth-order valence-electron chi connectivity index (χ4n) is 2.21. The van der Waals surface area contributed by atoms with E-state index in [1.807, 2.05) is 30.3 Å². The van der Waals surface area contributed by atoms with Crippen molar-refractivity contribution in [2.75, 3.05) is 5.32 Å². The highest BCUT2D eigenvalue weighted by molar-refractivity contribution is 5.98. The number of carbonyl (C=O) groups excluding carboxylic acids is 1. The molecule has 1 amide bonds. The standard InChI is InChI=1S/C17H13NO3/c1-11(19)18-14-9-5-8-13-15(20)10-16(21-17(13)14)12-6-3-2-4-7-12/h2-10H,1H3,(H,18,19). The number of rotatable bonds is 2. The second-order valence-corrected chi connectivity index (χ2v) is 4.70. The average molecular weight is 279 g/mol. The first-order valence-electron chi connectivity index (χ1n) is 6.55. The summed E-state index contributed by atoms with van der Waals surface area (Å²) >= 11 is 0. The van der Waals surface area contributed by atoms with Crippen LogP contribution < -0.4 is 10.7 Å². The second-order valence-electron chi connectivity index (χ2n) is 4.70. The molecular formula is C17H13NO3. The van der Waals surface area contributed by atoms with Gasteiger partial charge >= 0.3 is 0 Å². The largest absolute Gasteiger partial charge is 0.454 e. The highest BCUT2D eigenvalue weighted by Crippen LogP contribution is 2.26.